The maximum absolute atomic E-state index is 13.0. The van der Waals surface area contributed by atoms with Crippen LogP contribution in [0.25, 0.3) is 0 Å². The summed E-state index contributed by atoms with van der Waals surface area (Å²) in [6, 6.07) is 6.20. The standard InChI is InChI=1S/C15H19F2N3O3/c1-23-11-4-2-10(3-5-11)7-18-13(21)8-19-14(22)12-6-15(16,17)9-20-12/h2-5,12,20H,6-9H2,1H3,(H,18,21)(H,19,22). The van der Waals surface area contributed by atoms with Gasteiger partial charge in [0, 0.05) is 13.0 Å². The molecule has 1 aliphatic rings. The first kappa shape index (κ1) is 17.1. The Bertz CT molecular complexity index is 564. The summed E-state index contributed by atoms with van der Waals surface area (Å²) in [6.45, 7) is -0.466. The van der Waals surface area contributed by atoms with Crippen molar-refractivity contribution < 1.29 is 23.1 Å². The number of hydrogen-bond donors (Lipinski definition) is 3. The Labute approximate surface area is 132 Å². The summed E-state index contributed by atoms with van der Waals surface area (Å²) in [4.78, 5) is 23.3. The minimum Gasteiger partial charge on any atom is -0.497 e. The molecule has 1 atom stereocenters. The van der Waals surface area contributed by atoms with Crippen LogP contribution in [-0.4, -0.2) is 44.0 Å². The molecule has 2 rings (SSSR count). The van der Waals surface area contributed by atoms with Crippen molar-refractivity contribution in [1.82, 2.24) is 16.0 Å². The lowest BCUT2D eigenvalue weighted by Crippen LogP contribution is -2.44. The lowest BCUT2D eigenvalue weighted by atomic mass is 10.2. The first-order chi connectivity index (χ1) is 10.9. The summed E-state index contributed by atoms with van der Waals surface area (Å²) >= 11 is 0. The monoisotopic (exact) mass is 327 g/mol. The molecular formula is C15H19F2N3O3. The predicted octanol–water partition coefficient (Wildman–Crippen LogP) is 0.425. The Kier molecular flexibility index (Phi) is 5.49. The smallest absolute Gasteiger partial charge is 0.262 e. The van der Waals surface area contributed by atoms with Gasteiger partial charge in [-0.1, -0.05) is 12.1 Å². The van der Waals surface area contributed by atoms with E-state index in [1.54, 1.807) is 19.2 Å². The van der Waals surface area contributed by atoms with Gasteiger partial charge in [0.05, 0.1) is 26.2 Å². The number of benzene rings is 1. The normalized spacial score (nSPS) is 19.2. The molecule has 1 heterocycles. The molecule has 1 unspecified atom stereocenters. The second-order valence-electron chi connectivity index (χ2n) is 5.34. The van der Waals surface area contributed by atoms with E-state index in [4.69, 9.17) is 4.74 Å². The molecule has 3 N–H and O–H groups in total. The van der Waals surface area contributed by atoms with E-state index in [0.717, 1.165) is 5.56 Å². The molecule has 0 bridgehead atoms. The molecule has 126 valence electrons. The fourth-order valence-electron chi connectivity index (χ4n) is 2.20. The molecule has 1 aromatic carbocycles. The third kappa shape index (κ3) is 5.17. The molecule has 1 fully saturated rings. The van der Waals surface area contributed by atoms with Crippen molar-refractivity contribution in [2.24, 2.45) is 0 Å². The van der Waals surface area contributed by atoms with E-state index in [-0.39, 0.29) is 12.5 Å². The fraction of sp³-hybridized carbons (Fsp3) is 0.467. The summed E-state index contributed by atoms with van der Waals surface area (Å²) in [5.74, 6) is -3.15. The molecule has 0 aliphatic carbocycles. The number of halogens is 2. The zero-order valence-electron chi connectivity index (χ0n) is 12.7. The summed E-state index contributed by atoms with van der Waals surface area (Å²) in [5, 5.41) is 7.42. The number of ether oxygens (including phenoxy) is 1. The van der Waals surface area contributed by atoms with Crippen LogP contribution in [0.3, 0.4) is 0 Å². The van der Waals surface area contributed by atoms with Crippen molar-refractivity contribution in [2.45, 2.75) is 24.9 Å². The first-order valence-electron chi connectivity index (χ1n) is 7.18. The molecule has 1 aliphatic heterocycles. The molecule has 0 saturated carbocycles. The number of alkyl halides is 2. The van der Waals surface area contributed by atoms with Crippen LogP contribution >= 0.6 is 0 Å². The minimum atomic E-state index is -2.88. The Morgan fingerprint density at radius 2 is 2.00 bits per heavy atom. The third-order valence-electron chi connectivity index (χ3n) is 3.50. The fourth-order valence-corrected chi connectivity index (χ4v) is 2.20. The Balaban J connectivity index is 1.69. The zero-order valence-corrected chi connectivity index (χ0v) is 12.7. The van der Waals surface area contributed by atoms with E-state index >= 15 is 0 Å². The van der Waals surface area contributed by atoms with Crippen molar-refractivity contribution in [3.05, 3.63) is 29.8 Å². The average Bonchev–Trinajstić information content (AvgIpc) is 2.91. The second-order valence-corrected chi connectivity index (χ2v) is 5.34. The van der Waals surface area contributed by atoms with Gasteiger partial charge in [-0.3, -0.25) is 14.9 Å². The highest BCUT2D eigenvalue weighted by Gasteiger charge is 2.42. The SMILES string of the molecule is COc1ccc(CNC(=O)CNC(=O)C2CC(F)(F)CN2)cc1. The largest absolute Gasteiger partial charge is 0.497 e. The summed E-state index contributed by atoms with van der Waals surface area (Å²) < 4.78 is 31.0. The molecule has 8 heteroatoms. The molecule has 2 amide bonds. The van der Waals surface area contributed by atoms with Gasteiger partial charge in [0.1, 0.15) is 5.75 Å². The molecule has 0 radical (unpaired) electrons. The summed E-state index contributed by atoms with van der Waals surface area (Å²) in [5.41, 5.74) is 0.877. The predicted molar refractivity (Wildman–Crippen MR) is 79.2 cm³/mol. The van der Waals surface area contributed by atoms with Gasteiger partial charge in [0.15, 0.2) is 0 Å². The highest BCUT2D eigenvalue weighted by molar-refractivity contribution is 5.87. The number of amides is 2. The number of hydrogen-bond acceptors (Lipinski definition) is 4. The van der Waals surface area contributed by atoms with Crippen molar-refractivity contribution in [3.63, 3.8) is 0 Å². The van der Waals surface area contributed by atoms with Crippen molar-refractivity contribution in [2.75, 3.05) is 20.2 Å². The number of methoxy groups -OCH3 is 1. The van der Waals surface area contributed by atoms with E-state index in [1.807, 2.05) is 12.1 Å². The maximum Gasteiger partial charge on any atom is 0.262 e. The van der Waals surface area contributed by atoms with E-state index < -0.39 is 30.8 Å². The molecule has 0 aromatic heterocycles. The Morgan fingerprint density at radius 1 is 1.30 bits per heavy atom. The van der Waals surface area contributed by atoms with Crippen molar-refractivity contribution in [1.29, 1.82) is 0 Å². The van der Waals surface area contributed by atoms with Gasteiger partial charge >= 0.3 is 0 Å². The number of nitrogens with one attached hydrogen (secondary N) is 3. The topological polar surface area (TPSA) is 79.5 Å². The lowest BCUT2D eigenvalue weighted by Gasteiger charge is -2.11. The van der Waals surface area contributed by atoms with Crippen LogP contribution in [0.2, 0.25) is 0 Å². The van der Waals surface area contributed by atoms with Crippen LogP contribution in [0, 0.1) is 0 Å². The third-order valence-corrected chi connectivity index (χ3v) is 3.50. The molecule has 0 spiro atoms. The van der Waals surface area contributed by atoms with Gasteiger partial charge in [-0.05, 0) is 17.7 Å². The molecule has 23 heavy (non-hydrogen) atoms. The van der Waals surface area contributed by atoms with Crippen molar-refractivity contribution in [3.8, 4) is 5.75 Å². The Morgan fingerprint density at radius 3 is 2.57 bits per heavy atom. The van der Waals surface area contributed by atoms with Crippen molar-refractivity contribution >= 4 is 11.8 Å². The van der Waals surface area contributed by atoms with Gasteiger partial charge in [0.2, 0.25) is 11.8 Å². The van der Waals surface area contributed by atoms with E-state index in [9.17, 15) is 18.4 Å². The maximum atomic E-state index is 13.0. The summed E-state index contributed by atoms with van der Waals surface area (Å²) in [6.07, 6.45) is -0.549. The summed E-state index contributed by atoms with van der Waals surface area (Å²) in [7, 11) is 1.56. The highest BCUT2D eigenvalue weighted by atomic mass is 19.3. The quantitative estimate of drug-likeness (QED) is 0.708. The minimum absolute atomic E-state index is 0.251. The van der Waals surface area contributed by atoms with Crippen LogP contribution in [0.5, 0.6) is 5.75 Å². The van der Waals surface area contributed by atoms with Crippen LogP contribution < -0.4 is 20.7 Å². The zero-order chi connectivity index (χ0) is 16.9. The van der Waals surface area contributed by atoms with Gasteiger partial charge < -0.3 is 15.4 Å². The number of carbonyl (C=O) groups excluding carboxylic acids is 2. The van der Waals surface area contributed by atoms with Gasteiger partial charge in [-0.25, -0.2) is 8.78 Å². The van der Waals surface area contributed by atoms with Gasteiger partial charge in [0.25, 0.3) is 5.92 Å². The van der Waals surface area contributed by atoms with E-state index in [1.165, 1.54) is 0 Å². The average molecular weight is 327 g/mol. The van der Waals surface area contributed by atoms with Crippen LogP contribution in [0.15, 0.2) is 24.3 Å². The molecule has 6 nitrogen and oxygen atoms in total. The molecular weight excluding hydrogens is 308 g/mol. The lowest BCUT2D eigenvalue weighted by molar-refractivity contribution is -0.127. The number of carbonyl (C=O) groups is 2. The van der Waals surface area contributed by atoms with E-state index in [0.29, 0.717) is 12.3 Å². The van der Waals surface area contributed by atoms with Gasteiger partial charge in [-0.2, -0.15) is 0 Å². The van der Waals surface area contributed by atoms with Gasteiger partial charge in [-0.15, -0.1) is 0 Å². The van der Waals surface area contributed by atoms with E-state index in [2.05, 4.69) is 16.0 Å². The van der Waals surface area contributed by atoms with Crippen LogP contribution in [0.4, 0.5) is 8.78 Å². The molecule has 1 aromatic rings. The highest BCUT2D eigenvalue weighted by Crippen LogP contribution is 2.24. The second kappa shape index (κ2) is 7.36. The first-order valence-corrected chi connectivity index (χ1v) is 7.18. The number of rotatable bonds is 6. The van der Waals surface area contributed by atoms with Crippen LogP contribution in [-0.2, 0) is 16.1 Å². The van der Waals surface area contributed by atoms with Crippen LogP contribution in [0.1, 0.15) is 12.0 Å². The Hall–Kier alpha value is -2.22. The molecule has 1 saturated heterocycles.